The molecule has 1 saturated heterocycles. The quantitative estimate of drug-likeness (QED) is 0.646. The molecule has 2 rings (SSSR count). The monoisotopic (exact) mass is 276 g/mol. The highest BCUT2D eigenvalue weighted by molar-refractivity contribution is 5.73. The Morgan fingerprint density at radius 1 is 1.65 bits per heavy atom. The molecule has 0 aliphatic carbocycles. The van der Waals surface area contributed by atoms with Crippen molar-refractivity contribution in [3.8, 4) is 6.07 Å². The van der Waals surface area contributed by atoms with Crippen molar-refractivity contribution in [2.45, 2.75) is 6.92 Å². The number of aromatic nitrogens is 1. The van der Waals surface area contributed by atoms with Crippen LogP contribution in [0.2, 0.25) is 0 Å². The highest BCUT2D eigenvalue weighted by Crippen LogP contribution is 2.33. The minimum Gasteiger partial charge on any atom is -0.481 e. The van der Waals surface area contributed by atoms with Crippen molar-refractivity contribution in [3.05, 3.63) is 27.9 Å². The Balaban J connectivity index is 2.37. The van der Waals surface area contributed by atoms with Crippen LogP contribution in [0.15, 0.2) is 12.3 Å². The highest BCUT2D eigenvalue weighted by atomic mass is 16.6. The molecule has 2 heterocycles. The van der Waals surface area contributed by atoms with Crippen molar-refractivity contribution in [1.82, 2.24) is 4.98 Å². The van der Waals surface area contributed by atoms with Gasteiger partial charge in [-0.25, -0.2) is 4.98 Å². The van der Waals surface area contributed by atoms with Gasteiger partial charge in [-0.3, -0.25) is 14.9 Å². The zero-order valence-electron chi connectivity index (χ0n) is 10.7. The number of carboxylic acid groups (broad SMARTS) is 1. The fourth-order valence-electron chi connectivity index (χ4n) is 2.35. The third kappa shape index (κ3) is 2.38. The van der Waals surface area contributed by atoms with Crippen LogP contribution in [0, 0.1) is 33.3 Å². The molecule has 1 aromatic rings. The number of nitro groups is 1. The molecule has 0 saturated carbocycles. The minimum absolute atomic E-state index is 0.0995. The van der Waals surface area contributed by atoms with Crippen LogP contribution in [0.5, 0.6) is 0 Å². The second-order valence-electron chi connectivity index (χ2n) is 4.76. The van der Waals surface area contributed by atoms with Gasteiger partial charge in [0.2, 0.25) is 5.82 Å². The maximum atomic E-state index is 11.1. The number of carbonyl (C=O) groups is 1. The lowest BCUT2D eigenvalue weighted by Gasteiger charge is -2.16. The summed E-state index contributed by atoms with van der Waals surface area (Å²) in [7, 11) is 0. The van der Waals surface area contributed by atoms with Gasteiger partial charge in [0.25, 0.3) is 0 Å². The number of hydrogen-bond donors (Lipinski definition) is 1. The Morgan fingerprint density at radius 2 is 2.35 bits per heavy atom. The van der Waals surface area contributed by atoms with E-state index in [4.69, 9.17) is 10.4 Å². The maximum Gasteiger partial charge on any atom is 0.312 e. The van der Waals surface area contributed by atoms with Gasteiger partial charge in [0.05, 0.1) is 16.4 Å². The molecule has 8 heteroatoms. The Morgan fingerprint density at radius 3 is 2.85 bits per heavy atom. The van der Waals surface area contributed by atoms with Gasteiger partial charge in [0, 0.05) is 25.4 Å². The molecule has 8 nitrogen and oxygen atoms in total. The summed E-state index contributed by atoms with van der Waals surface area (Å²) in [6, 6.07) is 2.95. The second-order valence-corrected chi connectivity index (χ2v) is 4.76. The third-order valence-corrected chi connectivity index (χ3v) is 3.40. The maximum absolute atomic E-state index is 11.1. The van der Waals surface area contributed by atoms with Crippen LogP contribution >= 0.6 is 0 Å². The summed E-state index contributed by atoms with van der Waals surface area (Å²) < 4.78 is 0. The zero-order chi connectivity index (χ0) is 14.9. The minimum atomic E-state index is -0.920. The standard InChI is InChI=1S/C12H12N4O4/c1-7-5-15(6-9(7)12(17)18)11-10(16(19)20)2-8(3-13)4-14-11/h2,4,7,9H,5-6H2,1H3,(H,17,18). The topological polar surface area (TPSA) is 120 Å². The van der Waals surface area contributed by atoms with E-state index in [0.717, 1.165) is 6.07 Å². The van der Waals surface area contributed by atoms with Crippen molar-refractivity contribution >= 4 is 17.5 Å². The van der Waals surface area contributed by atoms with E-state index >= 15 is 0 Å². The number of hydrogen-bond acceptors (Lipinski definition) is 6. The first-order valence-corrected chi connectivity index (χ1v) is 5.96. The van der Waals surface area contributed by atoms with Gasteiger partial charge in [-0.05, 0) is 5.92 Å². The van der Waals surface area contributed by atoms with Crippen LogP contribution in [0.4, 0.5) is 11.5 Å². The number of nitriles is 1. The summed E-state index contributed by atoms with van der Waals surface area (Å²) in [5.41, 5.74) is -0.176. The zero-order valence-corrected chi connectivity index (χ0v) is 10.7. The summed E-state index contributed by atoms with van der Waals surface area (Å²) in [6.07, 6.45) is 1.25. The van der Waals surface area contributed by atoms with Crippen molar-refractivity contribution < 1.29 is 14.8 Å². The molecule has 20 heavy (non-hydrogen) atoms. The van der Waals surface area contributed by atoms with E-state index in [9.17, 15) is 14.9 Å². The van der Waals surface area contributed by atoms with Crippen LogP contribution in [-0.2, 0) is 4.79 Å². The predicted molar refractivity (Wildman–Crippen MR) is 68.1 cm³/mol. The Bertz CT molecular complexity index is 610. The van der Waals surface area contributed by atoms with E-state index in [0.29, 0.717) is 6.54 Å². The molecule has 0 spiro atoms. The van der Waals surface area contributed by atoms with E-state index in [2.05, 4.69) is 4.98 Å². The van der Waals surface area contributed by atoms with Crippen LogP contribution in [-0.4, -0.2) is 34.1 Å². The molecule has 1 N–H and O–H groups in total. The van der Waals surface area contributed by atoms with Crippen molar-refractivity contribution in [3.63, 3.8) is 0 Å². The number of nitrogens with zero attached hydrogens (tertiary/aromatic N) is 4. The molecule has 2 atom stereocenters. The lowest BCUT2D eigenvalue weighted by Crippen LogP contribution is -2.24. The van der Waals surface area contributed by atoms with Gasteiger partial charge in [-0.2, -0.15) is 5.26 Å². The van der Waals surface area contributed by atoms with E-state index < -0.39 is 16.8 Å². The lowest BCUT2D eigenvalue weighted by molar-refractivity contribution is -0.384. The highest BCUT2D eigenvalue weighted by Gasteiger charge is 2.37. The normalized spacial score (nSPS) is 21.5. The molecule has 0 aromatic carbocycles. The molecule has 0 radical (unpaired) electrons. The van der Waals surface area contributed by atoms with Crippen LogP contribution < -0.4 is 4.90 Å². The first-order chi connectivity index (χ1) is 9.43. The van der Waals surface area contributed by atoms with Gasteiger partial charge < -0.3 is 10.0 Å². The number of rotatable bonds is 3. The van der Waals surface area contributed by atoms with Gasteiger partial charge in [-0.15, -0.1) is 0 Å². The Kier molecular flexibility index (Phi) is 3.52. The molecule has 2 unspecified atom stereocenters. The summed E-state index contributed by atoms with van der Waals surface area (Å²) in [4.78, 5) is 27.1. The smallest absolute Gasteiger partial charge is 0.312 e. The molecule has 0 bridgehead atoms. The summed E-state index contributed by atoms with van der Waals surface area (Å²) in [5, 5.41) is 28.9. The SMILES string of the molecule is CC1CN(c2ncc(C#N)cc2[N+](=O)[O-])CC1C(=O)O. The lowest BCUT2D eigenvalue weighted by atomic mass is 9.99. The summed E-state index contributed by atoms with van der Waals surface area (Å²) in [6.45, 7) is 2.35. The number of carboxylic acids is 1. The number of anilines is 1. The van der Waals surface area contributed by atoms with Gasteiger partial charge in [0.1, 0.15) is 6.07 Å². The van der Waals surface area contributed by atoms with Crippen molar-refractivity contribution in [1.29, 1.82) is 5.26 Å². The number of aliphatic carboxylic acids is 1. The average Bonchev–Trinajstić information content (AvgIpc) is 2.80. The summed E-state index contributed by atoms with van der Waals surface area (Å²) in [5.74, 6) is -1.50. The number of pyridine rings is 1. The van der Waals surface area contributed by atoms with Gasteiger partial charge >= 0.3 is 11.7 Å². The molecule has 1 aliphatic heterocycles. The van der Waals surface area contributed by atoms with E-state index in [-0.39, 0.29) is 29.5 Å². The first-order valence-electron chi connectivity index (χ1n) is 5.96. The van der Waals surface area contributed by atoms with E-state index in [1.807, 2.05) is 0 Å². The first kappa shape index (κ1) is 13.7. The van der Waals surface area contributed by atoms with Crippen molar-refractivity contribution in [2.24, 2.45) is 11.8 Å². The largest absolute Gasteiger partial charge is 0.481 e. The molecule has 0 amide bonds. The molecule has 1 aromatic heterocycles. The Hall–Kier alpha value is -2.69. The molecule has 104 valence electrons. The van der Waals surface area contributed by atoms with Crippen LogP contribution in [0.1, 0.15) is 12.5 Å². The third-order valence-electron chi connectivity index (χ3n) is 3.40. The fraction of sp³-hybridized carbons (Fsp3) is 0.417. The van der Waals surface area contributed by atoms with Gasteiger partial charge in [0.15, 0.2) is 0 Å². The average molecular weight is 276 g/mol. The molecule has 1 fully saturated rings. The van der Waals surface area contributed by atoms with Crippen LogP contribution in [0.3, 0.4) is 0 Å². The van der Waals surface area contributed by atoms with Crippen molar-refractivity contribution in [2.75, 3.05) is 18.0 Å². The van der Waals surface area contributed by atoms with Gasteiger partial charge in [-0.1, -0.05) is 6.92 Å². The molecule has 1 aliphatic rings. The van der Waals surface area contributed by atoms with Crippen LogP contribution in [0.25, 0.3) is 0 Å². The fourth-order valence-corrected chi connectivity index (χ4v) is 2.35. The Labute approximate surface area is 114 Å². The molecular weight excluding hydrogens is 264 g/mol. The van der Waals surface area contributed by atoms with E-state index in [1.165, 1.54) is 6.20 Å². The summed E-state index contributed by atoms with van der Waals surface area (Å²) >= 11 is 0. The molecular formula is C12H12N4O4. The van der Waals surface area contributed by atoms with E-state index in [1.54, 1.807) is 17.9 Å². The second kappa shape index (κ2) is 5.13. The predicted octanol–water partition coefficient (Wildman–Crippen LogP) is 1.02.